The third-order valence-electron chi connectivity index (χ3n) is 3.84. The minimum Gasteiger partial charge on any atom is -0.383 e. The number of nitrogens with one attached hydrogen (secondary N) is 3. The first-order valence-corrected chi connectivity index (χ1v) is 9.43. The molecule has 0 bridgehead atoms. The lowest BCUT2D eigenvalue weighted by Crippen LogP contribution is -2.46. The summed E-state index contributed by atoms with van der Waals surface area (Å²) in [7, 11) is 3.30. The summed E-state index contributed by atoms with van der Waals surface area (Å²) >= 11 is 1.53. The van der Waals surface area contributed by atoms with Crippen molar-refractivity contribution in [2.24, 2.45) is 0 Å². The minimum atomic E-state index is -0.370. The molecule has 0 saturated heterocycles. The summed E-state index contributed by atoms with van der Waals surface area (Å²) < 4.78 is 7.02. The molecule has 2 heterocycles. The van der Waals surface area contributed by atoms with Gasteiger partial charge in [-0.15, -0.1) is 11.3 Å². The van der Waals surface area contributed by atoms with E-state index in [0.717, 1.165) is 22.2 Å². The summed E-state index contributed by atoms with van der Waals surface area (Å²) in [6, 6.07) is -0.370. The molecule has 1 unspecified atom stereocenters. The number of hydrogen-bond acceptors (Lipinski definition) is 7. The first-order valence-electron chi connectivity index (χ1n) is 8.55. The van der Waals surface area contributed by atoms with Crippen molar-refractivity contribution in [2.75, 3.05) is 32.6 Å². The fourth-order valence-corrected chi connectivity index (χ4v) is 3.07. The first-order chi connectivity index (χ1) is 13.1. The number of rotatable bonds is 11. The maximum atomic E-state index is 12.1. The highest BCUT2D eigenvalue weighted by Crippen LogP contribution is 2.17. The van der Waals surface area contributed by atoms with E-state index in [2.05, 4.69) is 32.5 Å². The van der Waals surface area contributed by atoms with Crippen molar-refractivity contribution in [3.63, 3.8) is 0 Å². The van der Waals surface area contributed by atoms with Crippen LogP contribution in [0.3, 0.4) is 0 Å². The number of allylic oxidation sites excluding steroid dienone is 1. The highest BCUT2D eigenvalue weighted by molar-refractivity contribution is 7.13. The van der Waals surface area contributed by atoms with Crippen LogP contribution in [-0.2, 0) is 16.1 Å². The predicted octanol–water partition coefficient (Wildman–Crippen LogP) is 1.81. The molecule has 1 amide bonds. The van der Waals surface area contributed by atoms with Crippen LogP contribution in [0.25, 0.3) is 12.2 Å². The van der Waals surface area contributed by atoms with E-state index >= 15 is 0 Å². The Morgan fingerprint density at radius 1 is 1.48 bits per heavy atom. The molecular formula is C18H26N6O2S. The predicted molar refractivity (Wildman–Crippen MR) is 109 cm³/mol. The smallest absolute Gasteiger partial charge is 0.239 e. The number of aromatic nitrogens is 3. The molecule has 0 aliphatic rings. The van der Waals surface area contributed by atoms with Gasteiger partial charge in [-0.1, -0.05) is 6.58 Å². The molecule has 0 aromatic carbocycles. The third kappa shape index (κ3) is 6.02. The highest BCUT2D eigenvalue weighted by atomic mass is 32.1. The standard InChI is InChI=1S/C18H26N6O2S/c1-5-14-16(10-13(2)23-18-21-7-9-27-18)24(12-22-14)8-6-20-17(25)15(19-3)11-26-4/h5,7,9-10,12,15,19H,1,6,8,11H2,2-4H3,(H,20,25)(H,21,23)/b13-10+. The number of methoxy groups -OCH3 is 1. The molecule has 2 rings (SSSR count). The minimum absolute atomic E-state index is 0.0953. The maximum Gasteiger partial charge on any atom is 0.239 e. The second-order valence-corrected chi connectivity index (χ2v) is 6.68. The number of ether oxygens (including phenoxy) is 1. The molecule has 0 aliphatic heterocycles. The summed E-state index contributed by atoms with van der Waals surface area (Å²) in [6.07, 6.45) is 7.21. The molecule has 2 aromatic heterocycles. The molecule has 0 radical (unpaired) electrons. The van der Waals surface area contributed by atoms with Crippen LogP contribution in [0.2, 0.25) is 0 Å². The Morgan fingerprint density at radius 2 is 2.30 bits per heavy atom. The number of thiazole rings is 1. The van der Waals surface area contributed by atoms with Gasteiger partial charge in [-0.2, -0.15) is 0 Å². The van der Waals surface area contributed by atoms with E-state index in [-0.39, 0.29) is 11.9 Å². The van der Waals surface area contributed by atoms with Gasteiger partial charge in [0, 0.05) is 37.5 Å². The average Bonchev–Trinajstić information content (AvgIpc) is 3.29. The topological polar surface area (TPSA) is 93.1 Å². The molecule has 2 aromatic rings. The van der Waals surface area contributed by atoms with Gasteiger partial charge in [0.15, 0.2) is 5.13 Å². The van der Waals surface area contributed by atoms with Crippen molar-refractivity contribution in [3.8, 4) is 0 Å². The normalized spacial score (nSPS) is 12.6. The van der Waals surface area contributed by atoms with E-state index in [9.17, 15) is 4.79 Å². The van der Waals surface area contributed by atoms with Gasteiger partial charge in [0.1, 0.15) is 6.04 Å². The Labute approximate surface area is 163 Å². The van der Waals surface area contributed by atoms with Crippen molar-refractivity contribution in [3.05, 3.63) is 41.6 Å². The summed E-state index contributed by atoms with van der Waals surface area (Å²) in [4.78, 5) is 20.7. The van der Waals surface area contributed by atoms with Crippen molar-refractivity contribution in [1.82, 2.24) is 25.2 Å². The maximum absolute atomic E-state index is 12.1. The van der Waals surface area contributed by atoms with E-state index in [1.807, 2.05) is 22.9 Å². The number of carbonyl (C=O) groups excluding carboxylic acids is 1. The molecule has 9 heteroatoms. The van der Waals surface area contributed by atoms with Crippen molar-refractivity contribution >= 4 is 34.5 Å². The van der Waals surface area contributed by atoms with Crippen LogP contribution in [0.15, 0.2) is 30.2 Å². The van der Waals surface area contributed by atoms with Gasteiger partial charge in [-0.05, 0) is 26.1 Å². The number of nitrogens with zero attached hydrogens (tertiary/aromatic N) is 3. The van der Waals surface area contributed by atoms with E-state index in [1.54, 1.807) is 32.8 Å². The van der Waals surface area contributed by atoms with Crippen LogP contribution in [0.4, 0.5) is 5.13 Å². The summed E-state index contributed by atoms with van der Waals surface area (Å²) in [5.41, 5.74) is 2.64. The summed E-state index contributed by atoms with van der Waals surface area (Å²) in [6.45, 7) is 7.18. The van der Waals surface area contributed by atoms with E-state index in [4.69, 9.17) is 4.74 Å². The number of carbonyl (C=O) groups is 1. The van der Waals surface area contributed by atoms with Crippen LogP contribution in [0.1, 0.15) is 18.3 Å². The molecule has 0 saturated carbocycles. The van der Waals surface area contributed by atoms with Crippen molar-refractivity contribution in [1.29, 1.82) is 0 Å². The zero-order valence-corrected chi connectivity index (χ0v) is 16.7. The molecule has 146 valence electrons. The lowest BCUT2D eigenvalue weighted by atomic mass is 10.2. The Hall–Kier alpha value is -2.49. The Balaban J connectivity index is 2.02. The van der Waals surface area contributed by atoms with Gasteiger partial charge in [0.2, 0.25) is 5.91 Å². The Morgan fingerprint density at radius 3 is 2.93 bits per heavy atom. The molecular weight excluding hydrogens is 364 g/mol. The largest absolute Gasteiger partial charge is 0.383 e. The monoisotopic (exact) mass is 390 g/mol. The quantitative estimate of drug-likeness (QED) is 0.542. The Bertz CT molecular complexity index is 769. The van der Waals surface area contributed by atoms with Crippen LogP contribution in [0, 0.1) is 0 Å². The van der Waals surface area contributed by atoms with E-state index < -0.39 is 0 Å². The van der Waals surface area contributed by atoms with Crippen LogP contribution in [-0.4, -0.2) is 53.8 Å². The molecule has 8 nitrogen and oxygen atoms in total. The molecule has 0 fully saturated rings. The van der Waals surface area contributed by atoms with Crippen LogP contribution < -0.4 is 16.0 Å². The number of amides is 1. The van der Waals surface area contributed by atoms with Gasteiger partial charge in [-0.3, -0.25) is 4.79 Å². The van der Waals surface area contributed by atoms with Crippen molar-refractivity contribution in [2.45, 2.75) is 19.5 Å². The van der Waals surface area contributed by atoms with Crippen molar-refractivity contribution < 1.29 is 9.53 Å². The number of hydrogen-bond donors (Lipinski definition) is 3. The fourth-order valence-electron chi connectivity index (χ4n) is 2.47. The first kappa shape index (κ1) is 20.8. The zero-order valence-electron chi connectivity index (χ0n) is 15.9. The van der Waals surface area contributed by atoms with Gasteiger partial charge < -0.3 is 25.3 Å². The zero-order chi connectivity index (χ0) is 19.6. The molecule has 0 aliphatic carbocycles. The molecule has 0 spiro atoms. The second-order valence-electron chi connectivity index (χ2n) is 5.79. The fraction of sp³-hybridized carbons (Fsp3) is 0.389. The summed E-state index contributed by atoms with van der Waals surface area (Å²) in [5, 5.41) is 11.8. The van der Waals surface area contributed by atoms with E-state index in [0.29, 0.717) is 19.7 Å². The van der Waals surface area contributed by atoms with Crippen LogP contribution in [0.5, 0.6) is 0 Å². The Kier molecular flexibility index (Phi) is 8.18. The third-order valence-corrected chi connectivity index (χ3v) is 4.53. The lowest BCUT2D eigenvalue weighted by Gasteiger charge is -2.15. The van der Waals surface area contributed by atoms with Gasteiger partial charge in [-0.25, -0.2) is 9.97 Å². The molecule has 1 atom stereocenters. The van der Waals surface area contributed by atoms with Crippen LogP contribution >= 0.6 is 11.3 Å². The van der Waals surface area contributed by atoms with Gasteiger partial charge >= 0.3 is 0 Å². The number of imidazole rings is 1. The molecule has 27 heavy (non-hydrogen) atoms. The number of likely N-dealkylation sites (N-methyl/N-ethyl adjacent to an activating group) is 1. The van der Waals surface area contributed by atoms with E-state index in [1.165, 1.54) is 11.3 Å². The average molecular weight is 391 g/mol. The molecule has 3 N–H and O–H groups in total. The lowest BCUT2D eigenvalue weighted by molar-refractivity contribution is -0.124. The second kappa shape index (κ2) is 10.6. The van der Waals surface area contributed by atoms with Gasteiger partial charge in [0.25, 0.3) is 0 Å². The summed E-state index contributed by atoms with van der Waals surface area (Å²) in [5.74, 6) is -0.0953. The highest BCUT2D eigenvalue weighted by Gasteiger charge is 2.15. The number of anilines is 1. The van der Waals surface area contributed by atoms with Gasteiger partial charge in [0.05, 0.1) is 24.3 Å². The SMILES string of the molecule is C=Cc1ncn(CCNC(=O)C(COC)NC)c1/C=C(\C)Nc1nccs1.